The molecule has 3 rings (SSSR count). The van der Waals surface area contributed by atoms with E-state index in [-0.39, 0.29) is 6.61 Å². The standard InChI is InChI=1S/C15H21N5O3S/c1-2-3-4-5-24-15-19-12-13(16)17-8-18-14(12)20(15)11-6-9(22)10(7-21)23-11/h4-5,8-11,21-22H,2-3,6-7H2,1H3,(H2,16,17,18)/b5-4+/t9-,10+,11+/m0/s1. The first-order valence-electron chi connectivity index (χ1n) is 7.90. The first-order chi connectivity index (χ1) is 11.7. The van der Waals surface area contributed by atoms with Crippen LogP contribution in [-0.4, -0.2) is 48.5 Å². The van der Waals surface area contributed by atoms with E-state index in [1.165, 1.54) is 18.1 Å². The Morgan fingerprint density at radius 1 is 1.50 bits per heavy atom. The summed E-state index contributed by atoms with van der Waals surface area (Å²) < 4.78 is 7.58. The molecule has 0 aliphatic carbocycles. The zero-order valence-corrected chi connectivity index (χ0v) is 14.2. The van der Waals surface area contributed by atoms with Gasteiger partial charge in [-0.1, -0.05) is 31.2 Å². The molecule has 0 unspecified atom stereocenters. The number of imidazole rings is 1. The fraction of sp³-hybridized carbons (Fsp3) is 0.533. The monoisotopic (exact) mass is 351 g/mol. The molecular weight excluding hydrogens is 330 g/mol. The van der Waals surface area contributed by atoms with Crippen LogP contribution >= 0.6 is 11.8 Å². The second-order valence-electron chi connectivity index (χ2n) is 5.59. The zero-order valence-electron chi connectivity index (χ0n) is 13.4. The molecule has 130 valence electrons. The molecule has 4 N–H and O–H groups in total. The van der Waals surface area contributed by atoms with E-state index in [0.29, 0.717) is 28.6 Å². The molecule has 0 aromatic carbocycles. The number of nitrogens with zero attached hydrogens (tertiary/aromatic N) is 4. The number of anilines is 1. The van der Waals surface area contributed by atoms with Gasteiger partial charge in [-0.15, -0.1) is 0 Å². The molecule has 1 fully saturated rings. The van der Waals surface area contributed by atoms with Gasteiger partial charge in [0.15, 0.2) is 22.1 Å². The Morgan fingerprint density at radius 2 is 2.33 bits per heavy atom. The highest BCUT2D eigenvalue weighted by molar-refractivity contribution is 8.02. The van der Waals surface area contributed by atoms with Gasteiger partial charge in [0.2, 0.25) is 0 Å². The van der Waals surface area contributed by atoms with E-state index in [4.69, 9.17) is 10.5 Å². The highest BCUT2D eigenvalue weighted by Gasteiger charge is 2.36. The van der Waals surface area contributed by atoms with Crippen LogP contribution < -0.4 is 5.73 Å². The molecule has 8 nitrogen and oxygen atoms in total. The molecule has 2 aromatic rings. The lowest BCUT2D eigenvalue weighted by atomic mass is 10.2. The molecule has 2 aromatic heterocycles. The normalized spacial score (nSPS) is 24.4. The number of aliphatic hydroxyl groups excluding tert-OH is 2. The Morgan fingerprint density at radius 3 is 3.04 bits per heavy atom. The SMILES string of the molecule is CCC/C=C/Sc1nc2c(N)ncnc2n1[C@H]1C[C@H](O)[C@@H](CO)O1. The van der Waals surface area contributed by atoms with Crippen LogP contribution in [0.1, 0.15) is 32.4 Å². The van der Waals surface area contributed by atoms with Crippen LogP contribution in [0.3, 0.4) is 0 Å². The molecule has 9 heteroatoms. The van der Waals surface area contributed by atoms with Crippen LogP contribution in [0.2, 0.25) is 0 Å². The van der Waals surface area contributed by atoms with Crippen LogP contribution in [0.5, 0.6) is 0 Å². The molecule has 3 heterocycles. The van der Waals surface area contributed by atoms with Crippen molar-refractivity contribution < 1.29 is 14.9 Å². The Bertz CT molecular complexity index is 735. The predicted molar refractivity (Wildman–Crippen MR) is 91.3 cm³/mol. The number of aromatic nitrogens is 4. The summed E-state index contributed by atoms with van der Waals surface area (Å²) in [5, 5.41) is 22.0. The van der Waals surface area contributed by atoms with Gasteiger partial charge in [0.25, 0.3) is 0 Å². The second-order valence-corrected chi connectivity index (χ2v) is 6.46. The van der Waals surface area contributed by atoms with Crippen molar-refractivity contribution in [3.8, 4) is 0 Å². The summed E-state index contributed by atoms with van der Waals surface area (Å²) in [5.41, 5.74) is 6.98. The summed E-state index contributed by atoms with van der Waals surface area (Å²) in [6.07, 6.45) is 4.06. The van der Waals surface area contributed by atoms with E-state index in [9.17, 15) is 10.2 Å². The molecule has 1 saturated heterocycles. The fourth-order valence-electron chi connectivity index (χ4n) is 2.63. The number of fused-ring (bicyclic) bond motifs is 1. The summed E-state index contributed by atoms with van der Waals surface area (Å²) in [5.74, 6) is 0.301. The molecule has 24 heavy (non-hydrogen) atoms. The van der Waals surface area contributed by atoms with Crippen LogP contribution in [0.25, 0.3) is 11.2 Å². The Kier molecular flexibility index (Phi) is 5.34. The molecule has 3 atom stereocenters. The van der Waals surface area contributed by atoms with Gasteiger partial charge in [-0.3, -0.25) is 4.57 Å². The number of hydrogen-bond acceptors (Lipinski definition) is 8. The van der Waals surface area contributed by atoms with E-state index in [1.54, 1.807) is 0 Å². The zero-order chi connectivity index (χ0) is 17.1. The number of nitrogens with two attached hydrogens (primary N) is 1. The van der Waals surface area contributed by atoms with Crippen molar-refractivity contribution in [2.45, 2.75) is 49.8 Å². The smallest absolute Gasteiger partial charge is 0.176 e. The van der Waals surface area contributed by atoms with Gasteiger partial charge in [0.05, 0.1) is 12.7 Å². The maximum atomic E-state index is 10.0. The summed E-state index contributed by atoms with van der Waals surface area (Å²) in [4.78, 5) is 12.8. The van der Waals surface area contributed by atoms with E-state index in [1.807, 2.05) is 9.98 Å². The molecule has 1 aliphatic heterocycles. The van der Waals surface area contributed by atoms with Crippen molar-refractivity contribution in [3.63, 3.8) is 0 Å². The largest absolute Gasteiger partial charge is 0.394 e. The van der Waals surface area contributed by atoms with Gasteiger partial charge < -0.3 is 20.7 Å². The summed E-state index contributed by atoms with van der Waals surface area (Å²) >= 11 is 1.44. The van der Waals surface area contributed by atoms with Crippen LogP contribution in [0.4, 0.5) is 5.82 Å². The maximum Gasteiger partial charge on any atom is 0.176 e. The third-order valence-corrected chi connectivity index (χ3v) is 4.70. The van der Waals surface area contributed by atoms with Crippen molar-refractivity contribution in [2.24, 2.45) is 0 Å². The van der Waals surface area contributed by atoms with Crippen molar-refractivity contribution in [3.05, 3.63) is 17.8 Å². The number of thioether (sulfide) groups is 1. The Hall–Kier alpha value is -1.68. The number of nitrogen functional groups attached to an aromatic ring is 1. The maximum absolute atomic E-state index is 10.0. The molecule has 0 bridgehead atoms. The molecule has 0 saturated carbocycles. The van der Waals surface area contributed by atoms with Crippen molar-refractivity contribution in [1.29, 1.82) is 0 Å². The first kappa shape index (κ1) is 17.2. The van der Waals surface area contributed by atoms with Gasteiger partial charge in [-0.25, -0.2) is 15.0 Å². The van der Waals surface area contributed by atoms with Crippen LogP contribution in [0.15, 0.2) is 23.0 Å². The Balaban J connectivity index is 1.99. The average molecular weight is 351 g/mol. The van der Waals surface area contributed by atoms with E-state index >= 15 is 0 Å². The predicted octanol–water partition coefficient (Wildman–Crippen LogP) is 1.46. The molecule has 0 amide bonds. The van der Waals surface area contributed by atoms with E-state index < -0.39 is 18.4 Å². The van der Waals surface area contributed by atoms with Gasteiger partial charge in [-0.2, -0.15) is 0 Å². The van der Waals surface area contributed by atoms with Crippen LogP contribution in [-0.2, 0) is 4.74 Å². The molecule has 1 aliphatic rings. The summed E-state index contributed by atoms with van der Waals surface area (Å²) in [7, 11) is 0. The highest BCUT2D eigenvalue weighted by atomic mass is 32.2. The summed E-state index contributed by atoms with van der Waals surface area (Å²) in [6, 6.07) is 0. The lowest BCUT2D eigenvalue weighted by Crippen LogP contribution is -2.24. The number of allylic oxidation sites excluding steroid dienone is 1. The van der Waals surface area contributed by atoms with E-state index in [2.05, 4.69) is 28.0 Å². The minimum atomic E-state index is -0.731. The Labute approximate surface area is 143 Å². The number of unbranched alkanes of at least 4 members (excludes halogenated alkanes) is 1. The average Bonchev–Trinajstić information content (AvgIpc) is 3.12. The van der Waals surface area contributed by atoms with Crippen molar-refractivity contribution in [1.82, 2.24) is 19.5 Å². The quantitative estimate of drug-likeness (QED) is 0.669. The lowest BCUT2D eigenvalue weighted by Gasteiger charge is -2.15. The molecular formula is C15H21N5O3S. The minimum absolute atomic E-state index is 0.236. The second kappa shape index (κ2) is 7.47. The lowest BCUT2D eigenvalue weighted by molar-refractivity contribution is -0.0457. The highest BCUT2D eigenvalue weighted by Crippen LogP contribution is 2.36. The number of ether oxygens (including phenoxy) is 1. The molecule has 0 radical (unpaired) electrons. The number of aliphatic hydroxyl groups is 2. The number of hydrogen-bond donors (Lipinski definition) is 3. The molecule has 0 spiro atoms. The van der Waals surface area contributed by atoms with Crippen LogP contribution in [0, 0.1) is 0 Å². The van der Waals surface area contributed by atoms with Gasteiger partial charge in [0.1, 0.15) is 18.7 Å². The van der Waals surface area contributed by atoms with Crippen molar-refractivity contribution in [2.75, 3.05) is 12.3 Å². The van der Waals surface area contributed by atoms with Crippen molar-refractivity contribution >= 4 is 28.7 Å². The fourth-order valence-corrected chi connectivity index (χ4v) is 3.45. The third kappa shape index (κ3) is 3.25. The van der Waals surface area contributed by atoms with Gasteiger partial charge >= 0.3 is 0 Å². The topological polar surface area (TPSA) is 119 Å². The number of rotatable bonds is 6. The third-order valence-electron chi connectivity index (χ3n) is 3.87. The minimum Gasteiger partial charge on any atom is -0.394 e. The van der Waals surface area contributed by atoms with E-state index in [0.717, 1.165) is 12.8 Å². The van der Waals surface area contributed by atoms with Gasteiger partial charge in [-0.05, 0) is 11.8 Å². The van der Waals surface area contributed by atoms with Gasteiger partial charge in [0, 0.05) is 6.42 Å². The first-order valence-corrected chi connectivity index (χ1v) is 8.78. The summed E-state index contributed by atoms with van der Waals surface area (Å²) in [6.45, 7) is 1.88.